The quantitative estimate of drug-likeness (QED) is 0.330. The zero-order chi connectivity index (χ0) is 24.3. The molecular formula is C23H20ClN3O5S2. The highest BCUT2D eigenvalue weighted by atomic mass is 35.7. The fraction of sp³-hybridized carbons (Fsp3) is 0.130. The van der Waals surface area contributed by atoms with Gasteiger partial charge in [0.25, 0.3) is 5.49 Å². The second kappa shape index (κ2) is 10.2. The Kier molecular flexibility index (Phi) is 7.29. The highest BCUT2D eigenvalue weighted by molar-refractivity contribution is 7.19. The lowest BCUT2D eigenvalue weighted by Gasteiger charge is -2.17. The minimum Gasteiger partial charge on any atom is -0.496 e. The van der Waals surface area contributed by atoms with Gasteiger partial charge in [-0.05, 0) is 30.7 Å². The van der Waals surface area contributed by atoms with Crippen LogP contribution in [0.5, 0.6) is 5.75 Å². The minimum atomic E-state index is -4.94. The van der Waals surface area contributed by atoms with Crippen molar-refractivity contribution >= 4 is 49.2 Å². The van der Waals surface area contributed by atoms with Crippen LogP contribution < -0.4 is 32.3 Å². The lowest BCUT2D eigenvalue weighted by Crippen LogP contribution is -2.68. The smallest absolute Gasteiger partial charge is 0.292 e. The van der Waals surface area contributed by atoms with E-state index in [1.165, 1.54) is 14.9 Å². The molecule has 176 valence electrons. The third-order valence-corrected chi connectivity index (χ3v) is 6.99. The summed E-state index contributed by atoms with van der Waals surface area (Å²) < 4.78 is 45.5. The van der Waals surface area contributed by atoms with Gasteiger partial charge < -0.3 is 4.74 Å². The van der Waals surface area contributed by atoms with E-state index in [4.69, 9.17) is 28.4 Å². The van der Waals surface area contributed by atoms with Crippen molar-refractivity contribution in [2.24, 2.45) is 0 Å². The number of methoxy groups -OCH3 is 1. The Hall–Kier alpha value is -2.83. The molecule has 0 aliphatic heterocycles. The zero-order valence-electron chi connectivity index (χ0n) is 18.2. The van der Waals surface area contributed by atoms with Crippen molar-refractivity contribution in [3.8, 4) is 5.75 Å². The topological polar surface area (TPSA) is 136 Å². The molecule has 5 aromatic rings. The molecule has 1 N–H and O–H groups in total. The molecule has 5 rings (SSSR count). The van der Waals surface area contributed by atoms with Crippen LogP contribution in [0.3, 0.4) is 0 Å². The van der Waals surface area contributed by atoms with Gasteiger partial charge in [0.15, 0.2) is 10.2 Å². The Morgan fingerprint density at radius 3 is 2.35 bits per heavy atom. The van der Waals surface area contributed by atoms with E-state index in [0.29, 0.717) is 0 Å². The summed E-state index contributed by atoms with van der Waals surface area (Å²) in [6.07, 6.45) is 4.99. The zero-order valence-corrected chi connectivity index (χ0v) is 20.6. The minimum absolute atomic E-state index is 0.869. The van der Waals surface area contributed by atoms with E-state index in [2.05, 4.69) is 64.7 Å². The molecule has 0 bridgehead atoms. The monoisotopic (exact) mass is 517 g/mol. The van der Waals surface area contributed by atoms with Gasteiger partial charge in [0.05, 0.1) is 33.8 Å². The van der Waals surface area contributed by atoms with Gasteiger partial charge in [-0.2, -0.15) is 4.24 Å². The Morgan fingerprint density at radius 1 is 1.00 bits per heavy atom. The number of ether oxygens (including phenoxy) is 1. The van der Waals surface area contributed by atoms with Gasteiger partial charge in [-0.3, -0.25) is 0 Å². The van der Waals surface area contributed by atoms with Gasteiger partial charge >= 0.3 is 0 Å². The number of aromatic amines is 1. The van der Waals surface area contributed by atoms with Crippen molar-refractivity contribution in [1.82, 2.24) is 9.97 Å². The number of benzene rings is 2. The molecular weight excluding hydrogens is 498 g/mol. The maximum Gasteiger partial charge on any atom is 0.292 e. The number of hydrogen-bond donors (Lipinski definition) is 1. The van der Waals surface area contributed by atoms with Gasteiger partial charge in [0.2, 0.25) is 0 Å². The number of fused-ring (bicyclic) bond motifs is 2. The van der Waals surface area contributed by atoms with E-state index in [1.807, 2.05) is 18.3 Å². The number of thiazole rings is 2. The van der Waals surface area contributed by atoms with E-state index in [9.17, 15) is 0 Å². The highest BCUT2D eigenvalue weighted by Crippen LogP contribution is 2.22. The number of H-pyrrole nitrogens is 1. The lowest BCUT2D eigenvalue weighted by atomic mass is 10.2. The Morgan fingerprint density at radius 2 is 1.68 bits per heavy atom. The number of halogens is 1. The van der Waals surface area contributed by atoms with Crippen LogP contribution in [0.25, 0.3) is 26.5 Å². The predicted molar refractivity (Wildman–Crippen MR) is 120 cm³/mol. The Balaban J connectivity index is 0.000000499. The van der Waals surface area contributed by atoms with Gasteiger partial charge in [0, 0.05) is 12.1 Å². The van der Waals surface area contributed by atoms with Crippen LogP contribution in [0, 0.1) is 15.7 Å². The van der Waals surface area contributed by atoms with E-state index in [-0.39, 0.29) is 0 Å². The first-order chi connectivity index (χ1) is 16.3. The number of para-hydroxylation sites is 2. The summed E-state index contributed by atoms with van der Waals surface area (Å²) in [6, 6.07) is 18.7. The van der Waals surface area contributed by atoms with E-state index in [0.717, 1.165) is 38.4 Å². The molecule has 11 heteroatoms. The van der Waals surface area contributed by atoms with Crippen molar-refractivity contribution in [3.05, 3.63) is 81.5 Å². The molecule has 3 heterocycles. The largest absolute Gasteiger partial charge is 0.496 e. The van der Waals surface area contributed by atoms with Crippen molar-refractivity contribution in [2.45, 2.75) is 13.3 Å². The predicted octanol–water partition coefficient (Wildman–Crippen LogP) is -0.149. The number of aromatic nitrogens is 3. The molecule has 0 saturated carbocycles. The average Bonchev–Trinajstić information content (AvgIpc) is 3.37. The molecule has 0 fully saturated rings. The van der Waals surface area contributed by atoms with Crippen LogP contribution in [0.4, 0.5) is 0 Å². The molecule has 2 aromatic carbocycles. The third-order valence-electron chi connectivity index (χ3n) is 4.93. The Bertz CT molecular complexity index is 1570. The van der Waals surface area contributed by atoms with Crippen LogP contribution >= 0.6 is 22.7 Å². The van der Waals surface area contributed by atoms with Crippen molar-refractivity contribution in [1.29, 1.82) is 0 Å². The maximum atomic E-state index is 8.49. The van der Waals surface area contributed by atoms with E-state index in [1.54, 1.807) is 29.8 Å². The molecule has 8 nitrogen and oxygen atoms in total. The number of hydrogen-bond acceptors (Lipinski definition) is 8. The third kappa shape index (κ3) is 5.45. The molecule has 3 aromatic heterocycles. The van der Waals surface area contributed by atoms with E-state index < -0.39 is 10.2 Å². The van der Waals surface area contributed by atoms with Crippen LogP contribution in [0.15, 0.2) is 60.8 Å². The Labute approximate surface area is 204 Å². The highest BCUT2D eigenvalue weighted by Gasteiger charge is 2.13. The van der Waals surface area contributed by atoms with Crippen molar-refractivity contribution in [3.63, 3.8) is 0 Å². The number of nitrogens with one attached hydrogen (secondary N) is 1. The average molecular weight is 518 g/mol. The number of nitrogens with zero attached hydrogens (tertiary/aromatic N) is 2. The fourth-order valence-corrected chi connectivity index (χ4v) is 5.69. The van der Waals surface area contributed by atoms with Crippen LogP contribution in [-0.2, 0) is 6.42 Å². The van der Waals surface area contributed by atoms with Gasteiger partial charge in [-0.1, -0.05) is 42.5 Å². The second-order valence-corrected chi connectivity index (χ2v) is 9.89. The first kappa shape index (κ1) is 24.3. The lowest BCUT2D eigenvalue weighted by molar-refractivity contribution is -2.00. The summed E-state index contributed by atoms with van der Waals surface area (Å²) in [4.78, 5) is 8.27. The summed E-state index contributed by atoms with van der Waals surface area (Å²) in [5.41, 5.74) is 4.40. The first-order valence-corrected chi connectivity index (χ1v) is 13.0. The van der Waals surface area contributed by atoms with Crippen molar-refractivity contribution in [2.75, 3.05) is 7.11 Å². The maximum absolute atomic E-state index is 8.49. The summed E-state index contributed by atoms with van der Waals surface area (Å²) >= 11 is 3.48. The van der Waals surface area contributed by atoms with Crippen LogP contribution in [0.1, 0.15) is 17.5 Å². The van der Waals surface area contributed by atoms with Gasteiger partial charge in [-0.25, -0.2) is 28.6 Å². The molecule has 0 aliphatic rings. The molecule has 0 radical (unpaired) electrons. The van der Waals surface area contributed by atoms with E-state index >= 15 is 0 Å². The second-order valence-electron chi connectivity index (χ2n) is 7.01. The van der Waals surface area contributed by atoms with Gasteiger partial charge in [0.1, 0.15) is 10.8 Å². The molecule has 34 heavy (non-hydrogen) atoms. The van der Waals surface area contributed by atoms with Crippen LogP contribution in [0.2, 0.25) is 0 Å². The summed E-state index contributed by atoms with van der Waals surface area (Å²) in [6.45, 7) is 2.15. The molecule has 0 saturated heterocycles. The normalized spacial score (nSPS) is 13.2. The van der Waals surface area contributed by atoms with Crippen molar-refractivity contribution < 1.29 is 37.9 Å². The number of pyridine rings is 1. The summed E-state index contributed by atoms with van der Waals surface area (Å²) in [5.74, 6) is 0.898. The fourth-order valence-electron chi connectivity index (χ4n) is 3.62. The standard InChI is InChI=1S/C23H19N3OS2.ClHO4/c1-3-15-18(27-2)12-13-24-23(15)26-17-9-5-7-11-20(17)29-22(26)14-21-25-16-8-4-6-10-19(16)28-21;2-1(3,4)5/h4-14H,3H2,1-2H3;(H,2,3,4,5). The summed E-state index contributed by atoms with van der Waals surface area (Å²) in [7, 11) is -3.22. The van der Waals surface area contributed by atoms with Gasteiger partial charge in [-0.15, -0.1) is 21.6 Å². The molecule has 0 aliphatic carbocycles. The SMILES string of the molecule is CCc1c(OC)cc[nH]c1=[n+]1c(=Cc2nc3ccccc3s2)sc2ccccc21.[O-][Cl+3]([O-])([O-])[O-]. The number of rotatable bonds is 3. The first-order valence-electron chi connectivity index (χ1n) is 10.1. The summed E-state index contributed by atoms with van der Waals surface area (Å²) in [5, 5.41) is 1.01. The molecule has 0 atom stereocenters. The molecule has 0 unspecified atom stereocenters. The van der Waals surface area contributed by atoms with Crippen LogP contribution in [-0.4, -0.2) is 17.1 Å². The molecule has 0 amide bonds. The molecule has 0 spiro atoms.